The van der Waals surface area contributed by atoms with Crippen molar-refractivity contribution < 1.29 is 33.4 Å². The first-order chi connectivity index (χ1) is 18.0. The van der Waals surface area contributed by atoms with Gasteiger partial charge in [0.25, 0.3) is 0 Å². The Kier molecular flexibility index (Phi) is 10.1. The fourth-order valence-corrected chi connectivity index (χ4v) is 3.58. The van der Waals surface area contributed by atoms with Crippen LogP contribution in [0.4, 0.5) is 0 Å². The lowest BCUT2D eigenvalue weighted by Gasteiger charge is -2.33. The normalized spacial score (nSPS) is 23.1. The molecule has 0 unspecified atom stereocenters. The zero-order valence-corrected chi connectivity index (χ0v) is 23.5. The lowest BCUT2D eigenvalue weighted by Crippen LogP contribution is -2.66. The Balaban J connectivity index is 2.33. The fraction of sp³-hybridized carbons (Fsp3) is 0.708. The quantitative estimate of drug-likeness (QED) is 0.267. The number of methoxy groups -OCH3 is 1. The summed E-state index contributed by atoms with van der Waals surface area (Å²) < 4.78 is 12.0. The maximum atomic E-state index is 13.2. The second-order valence-electron chi connectivity index (χ2n) is 11.1. The monoisotopic (exact) mass is 552 g/mol. The van der Waals surface area contributed by atoms with E-state index in [1.54, 1.807) is 10.9 Å². The Morgan fingerprint density at radius 1 is 1.15 bits per heavy atom. The predicted octanol–water partition coefficient (Wildman–Crippen LogP) is -1.74. The number of aryl methyl sites for hydroxylation is 1. The van der Waals surface area contributed by atoms with E-state index in [1.807, 2.05) is 0 Å². The molecule has 15 nitrogen and oxygen atoms in total. The average Bonchev–Trinajstić information content (AvgIpc) is 3.28. The third-order valence-electron chi connectivity index (χ3n) is 6.11. The molecule has 1 aliphatic heterocycles. The highest BCUT2D eigenvalue weighted by atomic mass is 16.5. The van der Waals surface area contributed by atoms with Crippen molar-refractivity contribution in [3.8, 4) is 0 Å². The van der Waals surface area contributed by atoms with Gasteiger partial charge in [0.1, 0.15) is 28.4 Å². The van der Waals surface area contributed by atoms with Crippen molar-refractivity contribution in [2.75, 3.05) is 13.7 Å². The summed E-state index contributed by atoms with van der Waals surface area (Å²) in [5.41, 5.74) is 2.19. The molecule has 2 rings (SSSR count). The van der Waals surface area contributed by atoms with Crippen LogP contribution < -0.4 is 27.0 Å². The summed E-state index contributed by atoms with van der Waals surface area (Å²) in [6.45, 7) is 8.91. The van der Waals surface area contributed by atoms with Crippen molar-refractivity contribution in [2.24, 2.45) is 5.73 Å². The Morgan fingerprint density at radius 3 is 2.44 bits per heavy atom. The van der Waals surface area contributed by atoms with Crippen molar-refractivity contribution in [3.63, 3.8) is 0 Å². The van der Waals surface area contributed by atoms with E-state index < -0.39 is 58.3 Å². The van der Waals surface area contributed by atoms with E-state index >= 15 is 0 Å². The number of carbonyl (C=O) groups excluding carboxylic acids is 5. The highest BCUT2D eigenvalue weighted by molar-refractivity contribution is 5.98. The molecule has 2 heterocycles. The van der Waals surface area contributed by atoms with E-state index in [2.05, 4.69) is 31.6 Å². The number of amides is 4. The number of rotatable bonds is 3. The second-order valence-corrected chi connectivity index (χ2v) is 11.1. The molecule has 0 spiro atoms. The predicted molar refractivity (Wildman–Crippen MR) is 137 cm³/mol. The molecule has 0 saturated carbocycles. The highest BCUT2D eigenvalue weighted by Crippen LogP contribution is 2.12. The molecule has 0 aromatic carbocycles. The first-order valence-corrected chi connectivity index (χ1v) is 12.6. The molecule has 15 heteroatoms. The molecule has 4 amide bonds. The summed E-state index contributed by atoms with van der Waals surface area (Å²) >= 11 is 0. The third-order valence-corrected chi connectivity index (χ3v) is 6.11. The van der Waals surface area contributed by atoms with E-state index in [4.69, 9.17) is 15.2 Å². The summed E-state index contributed by atoms with van der Waals surface area (Å²) in [4.78, 5) is 64.1. The van der Waals surface area contributed by atoms with Gasteiger partial charge < -0.3 is 36.5 Å². The summed E-state index contributed by atoms with van der Waals surface area (Å²) in [7, 11) is 1.19. The molecule has 0 saturated heterocycles. The second kappa shape index (κ2) is 12.5. The van der Waals surface area contributed by atoms with Gasteiger partial charge in [0.05, 0.1) is 32.6 Å². The minimum Gasteiger partial charge on any atom is -0.467 e. The molecule has 2 bridgehead atoms. The molecule has 1 aromatic rings. The van der Waals surface area contributed by atoms with Gasteiger partial charge in [-0.05, 0) is 54.4 Å². The molecule has 0 fully saturated rings. The van der Waals surface area contributed by atoms with Crippen LogP contribution in [0.1, 0.15) is 60.1 Å². The van der Waals surface area contributed by atoms with Crippen molar-refractivity contribution in [2.45, 2.75) is 96.2 Å². The summed E-state index contributed by atoms with van der Waals surface area (Å²) in [6, 6.07) is -2.12. The standard InChI is InChI=1S/C24H40N8O7/c1-22(2)19(35)26-16(18(34)28-24(5,6)21(37)38-7)13-39-12-14-11-32(31-30-14)10-8-9-15(25)17(33)27-23(3,4)20(36)29-22/h11,15-16H,8-10,12-13,25H2,1-7H3,(H,26,35)(H,27,33)(H,28,34)(H,29,36)/t15-,16-/m0/s1. The number of esters is 1. The maximum absolute atomic E-state index is 13.2. The van der Waals surface area contributed by atoms with Crippen molar-refractivity contribution >= 4 is 29.6 Å². The average molecular weight is 553 g/mol. The Hall–Kier alpha value is -3.59. The van der Waals surface area contributed by atoms with Gasteiger partial charge in [-0.1, -0.05) is 5.21 Å². The van der Waals surface area contributed by atoms with E-state index in [0.717, 1.165) is 0 Å². The van der Waals surface area contributed by atoms with Crippen LogP contribution in [0.25, 0.3) is 0 Å². The number of carbonyl (C=O) groups is 5. The minimum absolute atomic E-state index is 0.0176. The van der Waals surface area contributed by atoms with Gasteiger partial charge in [-0.15, -0.1) is 5.10 Å². The van der Waals surface area contributed by atoms with E-state index in [9.17, 15) is 24.0 Å². The summed E-state index contributed by atoms with van der Waals surface area (Å²) in [5.74, 6) is -3.27. The third kappa shape index (κ3) is 8.71. The topological polar surface area (TPSA) is 209 Å². The van der Waals surface area contributed by atoms with Gasteiger partial charge in [0, 0.05) is 6.54 Å². The van der Waals surface area contributed by atoms with Crippen LogP contribution >= 0.6 is 0 Å². The van der Waals surface area contributed by atoms with Gasteiger partial charge in [-0.25, -0.2) is 4.79 Å². The number of nitrogens with two attached hydrogens (primary N) is 1. The van der Waals surface area contributed by atoms with E-state index in [-0.39, 0.29) is 13.2 Å². The van der Waals surface area contributed by atoms with E-state index in [0.29, 0.717) is 25.1 Å². The molecule has 0 aliphatic carbocycles. The first kappa shape index (κ1) is 31.6. The number of aromatic nitrogens is 3. The first-order valence-electron chi connectivity index (χ1n) is 12.6. The molecule has 1 aromatic heterocycles. The number of nitrogens with one attached hydrogen (secondary N) is 4. The molecule has 6 N–H and O–H groups in total. The zero-order valence-electron chi connectivity index (χ0n) is 23.5. The number of fused-ring (bicyclic) bond motifs is 2. The number of hydrogen-bond donors (Lipinski definition) is 5. The Bertz CT molecular complexity index is 1080. The Morgan fingerprint density at radius 2 is 1.79 bits per heavy atom. The van der Waals surface area contributed by atoms with Gasteiger partial charge >= 0.3 is 5.97 Å². The molecule has 0 radical (unpaired) electrons. The van der Waals surface area contributed by atoms with Crippen molar-refractivity contribution in [3.05, 3.63) is 11.9 Å². The SMILES string of the molecule is COC(=O)C(C)(C)NC(=O)[C@@H]1COCc2cn(nn2)CCC[C@H](N)C(=O)NC(C)(C)C(=O)NC(C)(C)C(=O)N1. The molecule has 1 aliphatic rings. The van der Waals surface area contributed by atoms with Crippen molar-refractivity contribution in [1.29, 1.82) is 0 Å². The van der Waals surface area contributed by atoms with Gasteiger partial charge in [-0.3, -0.25) is 23.9 Å². The van der Waals surface area contributed by atoms with Crippen molar-refractivity contribution in [1.82, 2.24) is 36.3 Å². The lowest BCUT2D eigenvalue weighted by atomic mass is 9.97. The van der Waals surface area contributed by atoms with Crippen LogP contribution in [-0.4, -0.2) is 87.0 Å². The number of ether oxygens (including phenoxy) is 2. The smallest absolute Gasteiger partial charge is 0.330 e. The highest BCUT2D eigenvalue weighted by Gasteiger charge is 2.40. The lowest BCUT2D eigenvalue weighted by molar-refractivity contribution is -0.150. The van der Waals surface area contributed by atoms with Crippen LogP contribution in [0.15, 0.2) is 6.20 Å². The molecular weight excluding hydrogens is 512 g/mol. The van der Waals surface area contributed by atoms with Crippen LogP contribution in [0.5, 0.6) is 0 Å². The largest absolute Gasteiger partial charge is 0.467 e. The number of nitrogens with zero attached hydrogens (tertiary/aromatic N) is 3. The zero-order chi connectivity index (χ0) is 29.6. The van der Waals surface area contributed by atoms with Crippen LogP contribution in [0, 0.1) is 0 Å². The summed E-state index contributed by atoms with van der Waals surface area (Å²) in [5, 5.41) is 18.4. The maximum Gasteiger partial charge on any atom is 0.330 e. The van der Waals surface area contributed by atoms with Crippen LogP contribution in [0.2, 0.25) is 0 Å². The minimum atomic E-state index is -1.51. The van der Waals surface area contributed by atoms with Crippen LogP contribution in [0.3, 0.4) is 0 Å². The van der Waals surface area contributed by atoms with Gasteiger partial charge in [-0.2, -0.15) is 0 Å². The molecule has 2 atom stereocenters. The van der Waals surface area contributed by atoms with Gasteiger partial charge in [0.15, 0.2) is 0 Å². The van der Waals surface area contributed by atoms with Gasteiger partial charge in [0.2, 0.25) is 23.6 Å². The van der Waals surface area contributed by atoms with E-state index in [1.165, 1.54) is 48.7 Å². The molecule has 39 heavy (non-hydrogen) atoms. The fourth-order valence-electron chi connectivity index (χ4n) is 3.58. The van der Waals surface area contributed by atoms with Crippen LogP contribution in [-0.2, 0) is 46.6 Å². The molecular formula is C24H40N8O7. The summed E-state index contributed by atoms with van der Waals surface area (Å²) in [6.07, 6.45) is 2.51. The Labute approximate surface area is 227 Å². The number of hydrogen-bond acceptors (Lipinski definition) is 10. The molecule has 218 valence electrons.